The van der Waals surface area contributed by atoms with Crippen molar-refractivity contribution in [2.45, 2.75) is 20.0 Å². The summed E-state index contributed by atoms with van der Waals surface area (Å²) >= 11 is 0. The molecule has 0 aliphatic heterocycles. The van der Waals surface area contributed by atoms with Crippen LogP contribution in [-0.4, -0.2) is 17.1 Å². The number of nitrogens with two attached hydrogens (primary N) is 1. The Balaban J connectivity index is 2.22. The average molecular weight is 259 g/mol. The van der Waals surface area contributed by atoms with Crippen LogP contribution in [0.25, 0.3) is 0 Å². The first-order valence-electron chi connectivity index (χ1n) is 6.10. The molecule has 0 radical (unpaired) electrons. The number of aryl methyl sites for hydroxylation is 1. The van der Waals surface area contributed by atoms with Crippen LogP contribution in [0.1, 0.15) is 18.3 Å². The minimum absolute atomic E-state index is 0.302. The Morgan fingerprint density at radius 2 is 2.05 bits per heavy atom. The van der Waals surface area contributed by atoms with Gasteiger partial charge >= 0.3 is 0 Å². The van der Waals surface area contributed by atoms with Gasteiger partial charge in [-0.1, -0.05) is 19.1 Å². The largest absolute Gasteiger partial charge is 0.439 e. The molecule has 1 aromatic heterocycles. The Labute approximate surface area is 112 Å². The van der Waals surface area contributed by atoms with E-state index in [2.05, 4.69) is 23.0 Å². The van der Waals surface area contributed by atoms with E-state index in [1.54, 1.807) is 13.2 Å². The molecule has 5 nitrogen and oxygen atoms in total. The third-order valence-corrected chi connectivity index (χ3v) is 2.57. The molecule has 1 aromatic carbocycles. The van der Waals surface area contributed by atoms with E-state index in [0.29, 0.717) is 24.1 Å². The van der Waals surface area contributed by atoms with Crippen molar-refractivity contribution in [3.8, 4) is 11.6 Å². The minimum Gasteiger partial charge on any atom is -0.439 e. The van der Waals surface area contributed by atoms with E-state index in [-0.39, 0.29) is 0 Å². The van der Waals surface area contributed by atoms with Gasteiger partial charge in [0.2, 0.25) is 5.88 Å². The van der Waals surface area contributed by atoms with Crippen molar-refractivity contribution in [1.29, 1.82) is 0 Å². The molecule has 0 saturated heterocycles. The molecule has 0 aliphatic rings. The molecule has 0 fully saturated rings. The number of ether oxygens (including phenoxy) is 2. The predicted molar refractivity (Wildman–Crippen MR) is 73.1 cm³/mol. The van der Waals surface area contributed by atoms with Gasteiger partial charge in [0.15, 0.2) is 5.82 Å². The SMILES string of the molecule is CCc1cccc(Oc2cc(N)nc(COC)n2)c1. The zero-order valence-corrected chi connectivity index (χ0v) is 11.1. The van der Waals surface area contributed by atoms with Gasteiger partial charge in [-0.15, -0.1) is 0 Å². The lowest BCUT2D eigenvalue weighted by Gasteiger charge is -2.08. The van der Waals surface area contributed by atoms with Crippen molar-refractivity contribution in [1.82, 2.24) is 9.97 Å². The number of benzene rings is 1. The van der Waals surface area contributed by atoms with Crippen molar-refractivity contribution in [2.24, 2.45) is 0 Å². The predicted octanol–water partition coefficient (Wildman–Crippen LogP) is 2.56. The minimum atomic E-state index is 0.302. The molecule has 0 amide bonds. The fourth-order valence-corrected chi connectivity index (χ4v) is 1.69. The Hall–Kier alpha value is -2.14. The fraction of sp³-hybridized carbons (Fsp3) is 0.286. The first-order valence-corrected chi connectivity index (χ1v) is 6.10. The van der Waals surface area contributed by atoms with Crippen LogP contribution in [0.15, 0.2) is 30.3 Å². The quantitative estimate of drug-likeness (QED) is 0.893. The highest BCUT2D eigenvalue weighted by atomic mass is 16.5. The van der Waals surface area contributed by atoms with Gasteiger partial charge in [-0.25, -0.2) is 4.98 Å². The maximum absolute atomic E-state index is 5.71. The van der Waals surface area contributed by atoms with Crippen LogP contribution in [0, 0.1) is 0 Å². The van der Waals surface area contributed by atoms with Crippen LogP contribution in [-0.2, 0) is 17.8 Å². The van der Waals surface area contributed by atoms with E-state index >= 15 is 0 Å². The van der Waals surface area contributed by atoms with Gasteiger partial charge in [0, 0.05) is 13.2 Å². The second-order valence-electron chi connectivity index (χ2n) is 4.08. The van der Waals surface area contributed by atoms with Gasteiger partial charge in [0.1, 0.15) is 18.2 Å². The molecule has 19 heavy (non-hydrogen) atoms. The molecule has 5 heteroatoms. The van der Waals surface area contributed by atoms with Crippen LogP contribution in [0.4, 0.5) is 5.82 Å². The number of nitrogens with zero attached hydrogens (tertiary/aromatic N) is 2. The summed E-state index contributed by atoms with van der Waals surface area (Å²) in [5.41, 5.74) is 6.92. The Kier molecular flexibility index (Phi) is 4.30. The summed E-state index contributed by atoms with van der Waals surface area (Å²) < 4.78 is 10.7. The standard InChI is InChI=1S/C14H17N3O2/c1-3-10-5-4-6-11(7-10)19-14-8-12(15)16-13(17-14)9-18-2/h4-8H,3,9H2,1-2H3,(H2,15,16,17). The Morgan fingerprint density at radius 1 is 1.21 bits per heavy atom. The number of rotatable bonds is 5. The normalized spacial score (nSPS) is 10.4. The molecule has 0 bridgehead atoms. The first-order chi connectivity index (χ1) is 9.21. The monoisotopic (exact) mass is 259 g/mol. The highest BCUT2D eigenvalue weighted by Crippen LogP contribution is 2.22. The van der Waals surface area contributed by atoms with Gasteiger partial charge in [0.05, 0.1) is 0 Å². The van der Waals surface area contributed by atoms with Gasteiger partial charge in [-0.3, -0.25) is 0 Å². The summed E-state index contributed by atoms with van der Waals surface area (Å²) in [7, 11) is 1.58. The van der Waals surface area contributed by atoms with Gasteiger partial charge < -0.3 is 15.2 Å². The van der Waals surface area contributed by atoms with Crippen molar-refractivity contribution in [3.05, 3.63) is 41.7 Å². The third kappa shape index (κ3) is 3.66. The molecule has 0 aliphatic carbocycles. The lowest BCUT2D eigenvalue weighted by atomic mass is 10.2. The highest BCUT2D eigenvalue weighted by Gasteiger charge is 2.05. The summed E-state index contributed by atoms with van der Waals surface area (Å²) in [6.07, 6.45) is 0.956. The fourth-order valence-electron chi connectivity index (χ4n) is 1.69. The number of nitrogen functional groups attached to an aromatic ring is 1. The van der Waals surface area contributed by atoms with Crippen LogP contribution in [0.2, 0.25) is 0 Å². The van der Waals surface area contributed by atoms with E-state index in [1.165, 1.54) is 5.56 Å². The molecule has 0 unspecified atom stereocenters. The molecular formula is C14H17N3O2. The average Bonchev–Trinajstić information content (AvgIpc) is 2.38. The number of anilines is 1. The Morgan fingerprint density at radius 3 is 2.79 bits per heavy atom. The van der Waals surface area contributed by atoms with Crippen LogP contribution in [0.5, 0.6) is 11.6 Å². The van der Waals surface area contributed by atoms with Gasteiger partial charge in [-0.05, 0) is 24.1 Å². The van der Waals surface area contributed by atoms with Crippen LogP contribution in [0.3, 0.4) is 0 Å². The molecule has 0 atom stereocenters. The molecule has 0 saturated carbocycles. The van der Waals surface area contributed by atoms with Crippen molar-refractivity contribution in [3.63, 3.8) is 0 Å². The van der Waals surface area contributed by atoms with E-state index in [4.69, 9.17) is 15.2 Å². The maximum Gasteiger partial charge on any atom is 0.224 e. The zero-order chi connectivity index (χ0) is 13.7. The van der Waals surface area contributed by atoms with Crippen molar-refractivity contribution >= 4 is 5.82 Å². The van der Waals surface area contributed by atoms with Crippen LogP contribution >= 0.6 is 0 Å². The number of aromatic nitrogens is 2. The van der Waals surface area contributed by atoms with Gasteiger partial charge in [0.25, 0.3) is 0 Å². The summed E-state index contributed by atoms with van der Waals surface area (Å²) in [6, 6.07) is 9.46. The number of methoxy groups -OCH3 is 1. The van der Waals surface area contributed by atoms with E-state index in [9.17, 15) is 0 Å². The molecule has 0 spiro atoms. The third-order valence-electron chi connectivity index (χ3n) is 2.57. The number of hydrogen-bond donors (Lipinski definition) is 1. The van der Waals surface area contributed by atoms with Gasteiger partial charge in [-0.2, -0.15) is 4.98 Å². The lowest BCUT2D eigenvalue weighted by molar-refractivity contribution is 0.177. The van der Waals surface area contributed by atoms with E-state index < -0.39 is 0 Å². The summed E-state index contributed by atoms with van der Waals surface area (Å²) in [4.78, 5) is 8.30. The summed E-state index contributed by atoms with van der Waals surface area (Å²) in [6.45, 7) is 2.40. The smallest absolute Gasteiger partial charge is 0.224 e. The van der Waals surface area contributed by atoms with Crippen molar-refractivity contribution < 1.29 is 9.47 Å². The Bertz CT molecular complexity index is 558. The zero-order valence-electron chi connectivity index (χ0n) is 11.1. The summed E-state index contributed by atoms with van der Waals surface area (Å²) in [5, 5.41) is 0. The van der Waals surface area contributed by atoms with E-state index in [1.807, 2.05) is 18.2 Å². The molecule has 2 aromatic rings. The van der Waals surface area contributed by atoms with E-state index in [0.717, 1.165) is 12.2 Å². The molecule has 2 N–H and O–H groups in total. The maximum atomic E-state index is 5.71. The molecular weight excluding hydrogens is 242 g/mol. The molecule has 2 rings (SSSR count). The second kappa shape index (κ2) is 6.15. The highest BCUT2D eigenvalue weighted by molar-refractivity contribution is 5.36. The topological polar surface area (TPSA) is 70.3 Å². The second-order valence-corrected chi connectivity index (χ2v) is 4.08. The molecule has 1 heterocycles. The molecule has 100 valence electrons. The first kappa shape index (κ1) is 13.3. The summed E-state index contributed by atoms with van der Waals surface area (Å²) in [5.74, 6) is 2.03. The number of hydrogen-bond acceptors (Lipinski definition) is 5. The lowest BCUT2D eigenvalue weighted by Crippen LogP contribution is -2.02. The van der Waals surface area contributed by atoms with Crippen molar-refractivity contribution in [2.75, 3.05) is 12.8 Å². The van der Waals surface area contributed by atoms with Crippen LogP contribution < -0.4 is 10.5 Å².